The van der Waals surface area contributed by atoms with E-state index in [9.17, 15) is 0 Å². The van der Waals surface area contributed by atoms with Crippen molar-refractivity contribution in [3.8, 4) is 0 Å². The molecule has 0 radical (unpaired) electrons. The zero-order valence-corrected chi connectivity index (χ0v) is 6.88. The predicted molar refractivity (Wildman–Crippen MR) is 41.5 cm³/mol. The van der Waals surface area contributed by atoms with E-state index in [1.807, 2.05) is 20.8 Å². The van der Waals surface area contributed by atoms with Crippen LogP contribution in [0, 0.1) is 6.57 Å². The van der Waals surface area contributed by atoms with Crippen LogP contribution in [0.4, 0.5) is 5.82 Å². The number of hydrogen-bond donors (Lipinski definition) is 0. The lowest BCUT2D eigenvalue weighted by Gasteiger charge is -2.08. The summed E-state index contributed by atoms with van der Waals surface area (Å²) in [7, 11) is 0. The molecular formula is C8H10N2O. The lowest BCUT2D eigenvalue weighted by molar-refractivity contribution is 0.392. The van der Waals surface area contributed by atoms with Crippen LogP contribution in [0.5, 0.6) is 0 Å². The zero-order valence-electron chi connectivity index (χ0n) is 6.88. The van der Waals surface area contributed by atoms with Gasteiger partial charge in [0, 0.05) is 0 Å². The van der Waals surface area contributed by atoms with Gasteiger partial charge in [0.15, 0.2) is 0 Å². The van der Waals surface area contributed by atoms with E-state index in [4.69, 9.17) is 11.0 Å². The molecule has 11 heavy (non-hydrogen) atoms. The minimum atomic E-state index is -0.108. The second-order valence-corrected chi connectivity index (χ2v) is 3.37. The van der Waals surface area contributed by atoms with Gasteiger partial charge in [0.25, 0.3) is 5.89 Å². The largest absolute Gasteiger partial charge is 0.442 e. The first-order chi connectivity index (χ1) is 5.04. The SMILES string of the molecule is [C-]#[N+]c1coc(C(C)(C)C)n1. The van der Waals surface area contributed by atoms with Crippen LogP contribution in [-0.4, -0.2) is 4.98 Å². The summed E-state index contributed by atoms with van der Waals surface area (Å²) in [6, 6.07) is 0. The first kappa shape index (κ1) is 7.80. The van der Waals surface area contributed by atoms with Gasteiger partial charge in [-0.3, -0.25) is 0 Å². The Labute approximate surface area is 65.9 Å². The Balaban J connectivity index is 3.01. The molecule has 1 heterocycles. The molecule has 0 N–H and O–H groups in total. The Kier molecular flexibility index (Phi) is 1.69. The molecule has 1 aromatic heterocycles. The van der Waals surface area contributed by atoms with Crippen molar-refractivity contribution in [3.63, 3.8) is 0 Å². The third kappa shape index (κ3) is 1.58. The molecule has 1 aromatic rings. The smallest absolute Gasteiger partial charge is 0.308 e. The normalized spacial score (nSPS) is 11.1. The first-order valence-corrected chi connectivity index (χ1v) is 3.37. The van der Waals surface area contributed by atoms with Gasteiger partial charge < -0.3 is 9.26 Å². The van der Waals surface area contributed by atoms with Crippen LogP contribution in [0.1, 0.15) is 26.7 Å². The molecule has 0 spiro atoms. The lowest BCUT2D eigenvalue weighted by Crippen LogP contribution is -2.10. The standard InChI is InChI=1S/C8H10N2O/c1-8(2,3)7-10-6(9-4)5-11-7/h5H,1-3H3. The molecule has 0 amide bonds. The maximum Gasteiger partial charge on any atom is 0.308 e. The fourth-order valence-corrected chi connectivity index (χ4v) is 0.661. The third-order valence-electron chi connectivity index (χ3n) is 1.25. The molecule has 0 aromatic carbocycles. The van der Waals surface area contributed by atoms with Gasteiger partial charge in [-0.1, -0.05) is 11.6 Å². The molecule has 0 saturated carbocycles. The van der Waals surface area contributed by atoms with Crippen molar-refractivity contribution in [2.75, 3.05) is 0 Å². The first-order valence-electron chi connectivity index (χ1n) is 3.37. The van der Waals surface area contributed by atoms with Gasteiger partial charge in [-0.15, -0.1) is 0 Å². The van der Waals surface area contributed by atoms with E-state index in [0.29, 0.717) is 11.7 Å². The summed E-state index contributed by atoms with van der Waals surface area (Å²) >= 11 is 0. The maximum absolute atomic E-state index is 6.66. The highest BCUT2D eigenvalue weighted by Crippen LogP contribution is 2.23. The Bertz CT molecular complexity index is 288. The average Bonchev–Trinajstić information content (AvgIpc) is 2.32. The summed E-state index contributed by atoms with van der Waals surface area (Å²) in [5, 5.41) is 0. The van der Waals surface area contributed by atoms with Crippen molar-refractivity contribution in [2.24, 2.45) is 0 Å². The van der Waals surface area contributed by atoms with Crippen molar-refractivity contribution >= 4 is 5.82 Å². The van der Waals surface area contributed by atoms with Gasteiger partial charge in [0.2, 0.25) is 0 Å². The van der Waals surface area contributed by atoms with E-state index in [0.717, 1.165) is 0 Å². The second-order valence-electron chi connectivity index (χ2n) is 3.37. The molecule has 3 heteroatoms. The van der Waals surface area contributed by atoms with Crippen molar-refractivity contribution in [1.29, 1.82) is 0 Å². The molecular weight excluding hydrogens is 140 g/mol. The number of oxazole rings is 1. The summed E-state index contributed by atoms with van der Waals surface area (Å²) in [6.45, 7) is 12.6. The number of hydrogen-bond acceptors (Lipinski definition) is 2. The topological polar surface area (TPSA) is 30.4 Å². The molecule has 3 nitrogen and oxygen atoms in total. The van der Waals surface area contributed by atoms with Gasteiger partial charge in [-0.2, -0.15) is 0 Å². The van der Waals surface area contributed by atoms with Gasteiger partial charge >= 0.3 is 5.82 Å². The van der Waals surface area contributed by atoms with E-state index >= 15 is 0 Å². The van der Waals surface area contributed by atoms with Crippen LogP contribution in [0.3, 0.4) is 0 Å². The third-order valence-corrected chi connectivity index (χ3v) is 1.25. The fraction of sp³-hybridized carbons (Fsp3) is 0.500. The average molecular weight is 150 g/mol. The maximum atomic E-state index is 6.66. The van der Waals surface area contributed by atoms with E-state index in [-0.39, 0.29) is 5.41 Å². The molecule has 0 aliphatic carbocycles. The Morgan fingerprint density at radius 1 is 1.55 bits per heavy atom. The molecule has 0 aliphatic rings. The van der Waals surface area contributed by atoms with Crippen LogP contribution in [0.15, 0.2) is 10.7 Å². The quantitative estimate of drug-likeness (QED) is 0.532. The highest BCUT2D eigenvalue weighted by Gasteiger charge is 2.23. The van der Waals surface area contributed by atoms with Crippen LogP contribution >= 0.6 is 0 Å². The summed E-state index contributed by atoms with van der Waals surface area (Å²) in [4.78, 5) is 7.13. The molecule has 1 rings (SSSR count). The molecule has 0 fully saturated rings. The summed E-state index contributed by atoms with van der Waals surface area (Å²) in [5.74, 6) is 0.943. The van der Waals surface area contributed by atoms with Crippen LogP contribution < -0.4 is 0 Å². The van der Waals surface area contributed by atoms with E-state index < -0.39 is 0 Å². The minimum absolute atomic E-state index is 0.108. The van der Waals surface area contributed by atoms with Crippen LogP contribution in [0.2, 0.25) is 0 Å². The van der Waals surface area contributed by atoms with Crippen molar-refractivity contribution < 1.29 is 4.42 Å². The molecule has 0 unspecified atom stereocenters. The molecule has 0 aliphatic heterocycles. The van der Waals surface area contributed by atoms with E-state index in [1.54, 1.807) is 0 Å². The summed E-state index contributed by atoms with van der Waals surface area (Å²) < 4.78 is 5.10. The zero-order chi connectivity index (χ0) is 8.48. The minimum Gasteiger partial charge on any atom is -0.442 e. The van der Waals surface area contributed by atoms with Crippen molar-refractivity contribution in [2.45, 2.75) is 26.2 Å². The molecule has 0 atom stereocenters. The van der Waals surface area contributed by atoms with Gasteiger partial charge in [-0.25, -0.2) is 0 Å². The van der Waals surface area contributed by atoms with E-state index in [1.165, 1.54) is 6.26 Å². The summed E-state index contributed by atoms with van der Waals surface area (Å²) in [5.41, 5.74) is -0.108. The van der Waals surface area contributed by atoms with E-state index in [2.05, 4.69) is 9.83 Å². The number of rotatable bonds is 0. The molecule has 58 valence electrons. The number of nitrogens with zero attached hydrogens (tertiary/aromatic N) is 2. The molecule has 0 saturated heterocycles. The molecule has 0 bridgehead atoms. The Morgan fingerprint density at radius 2 is 2.18 bits per heavy atom. The Morgan fingerprint density at radius 3 is 2.45 bits per heavy atom. The van der Waals surface area contributed by atoms with Crippen LogP contribution in [0.25, 0.3) is 4.85 Å². The van der Waals surface area contributed by atoms with Crippen molar-refractivity contribution in [1.82, 2.24) is 4.98 Å². The van der Waals surface area contributed by atoms with Gasteiger partial charge in [-0.05, 0) is 20.8 Å². The van der Waals surface area contributed by atoms with Gasteiger partial charge in [0.1, 0.15) is 6.26 Å². The summed E-state index contributed by atoms with van der Waals surface area (Å²) in [6.07, 6.45) is 1.38. The highest BCUT2D eigenvalue weighted by atomic mass is 16.3. The Hall–Kier alpha value is -1.30. The van der Waals surface area contributed by atoms with Crippen LogP contribution in [-0.2, 0) is 5.41 Å². The second kappa shape index (κ2) is 2.39. The highest BCUT2D eigenvalue weighted by molar-refractivity contribution is 5.31. The van der Waals surface area contributed by atoms with Crippen molar-refractivity contribution in [3.05, 3.63) is 23.6 Å². The monoisotopic (exact) mass is 150 g/mol. The number of aromatic nitrogens is 1. The van der Waals surface area contributed by atoms with Gasteiger partial charge in [0.05, 0.1) is 5.41 Å². The fourth-order valence-electron chi connectivity index (χ4n) is 0.661. The lowest BCUT2D eigenvalue weighted by atomic mass is 9.97. The predicted octanol–water partition coefficient (Wildman–Crippen LogP) is 2.52.